The van der Waals surface area contributed by atoms with E-state index in [2.05, 4.69) is 4.98 Å². The second kappa shape index (κ2) is 7.26. The lowest BCUT2D eigenvalue weighted by Gasteiger charge is -2.27. The summed E-state index contributed by atoms with van der Waals surface area (Å²) >= 11 is 0. The first kappa shape index (κ1) is 18.7. The molecule has 1 atom stereocenters. The monoisotopic (exact) mass is 372 g/mol. The van der Waals surface area contributed by atoms with Gasteiger partial charge in [-0.25, -0.2) is 8.78 Å². The summed E-state index contributed by atoms with van der Waals surface area (Å²) in [6.45, 7) is 3.66. The molecule has 2 heterocycles. The molecule has 3 rings (SSSR count). The molecular formula is C20H18F2N2O3. The van der Waals surface area contributed by atoms with Crippen LogP contribution in [0.25, 0.3) is 0 Å². The highest BCUT2D eigenvalue weighted by atomic mass is 19.1. The SMILES string of the molecule is CC(C)CC(=O)C1=C(O)C(=O)N(c2cc(F)ccc2F)C1c1ccncc1. The summed E-state index contributed by atoms with van der Waals surface area (Å²) in [6, 6.07) is 4.74. The lowest BCUT2D eigenvalue weighted by molar-refractivity contribution is -0.118. The van der Waals surface area contributed by atoms with E-state index in [-0.39, 0.29) is 23.6 Å². The van der Waals surface area contributed by atoms with Gasteiger partial charge in [0.05, 0.1) is 17.3 Å². The van der Waals surface area contributed by atoms with Crippen LogP contribution in [0.5, 0.6) is 0 Å². The average molecular weight is 372 g/mol. The molecule has 5 nitrogen and oxygen atoms in total. The van der Waals surface area contributed by atoms with Crippen LogP contribution >= 0.6 is 0 Å². The Bertz CT molecular complexity index is 926. The summed E-state index contributed by atoms with van der Waals surface area (Å²) in [5, 5.41) is 10.4. The number of ketones is 1. The first-order valence-corrected chi connectivity index (χ1v) is 8.46. The van der Waals surface area contributed by atoms with Crippen molar-refractivity contribution in [1.29, 1.82) is 0 Å². The molecule has 27 heavy (non-hydrogen) atoms. The van der Waals surface area contributed by atoms with Crippen molar-refractivity contribution in [3.05, 3.63) is 71.3 Å². The number of pyridine rings is 1. The van der Waals surface area contributed by atoms with Crippen LogP contribution in [0.3, 0.4) is 0 Å². The van der Waals surface area contributed by atoms with Crippen molar-refractivity contribution in [2.75, 3.05) is 4.90 Å². The van der Waals surface area contributed by atoms with Gasteiger partial charge in [0.2, 0.25) is 0 Å². The van der Waals surface area contributed by atoms with Crippen LogP contribution in [0.15, 0.2) is 54.1 Å². The summed E-state index contributed by atoms with van der Waals surface area (Å²) in [5.41, 5.74) is -0.0116. The van der Waals surface area contributed by atoms with Crippen molar-refractivity contribution < 1.29 is 23.5 Å². The van der Waals surface area contributed by atoms with Gasteiger partial charge in [-0.3, -0.25) is 19.5 Å². The second-order valence-corrected chi connectivity index (χ2v) is 6.74. The van der Waals surface area contributed by atoms with E-state index in [0.29, 0.717) is 5.56 Å². The fourth-order valence-electron chi connectivity index (χ4n) is 3.15. The lowest BCUT2D eigenvalue weighted by Crippen LogP contribution is -2.32. The number of hydrogen-bond acceptors (Lipinski definition) is 4. The first-order chi connectivity index (χ1) is 12.8. The molecule has 1 aromatic carbocycles. The summed E-state index contributed by atoms with van der Waals surface area (Å²) in [7, 11) is 0. The number of carbonyl (C=O) groups excluding carboxylic acids is 2. The van der Waals surface area contributed by atoms with Gasteiger partial charge in [0.1, 0.15) is 11.6 Å². The predicted octanol–water partition coefficient (Wildman–Crippen LogP) is 3.88. The molecule has 0 saturated heterocycles. The summed E-state index contributed by atoms with van der Waals surface area (Å²) in [6.07, 6.45) is 3.02. The van der Waals surface area contributed by atoms with Gasteiger partial charge in [-0.2, -0.15) is 0 Å². The Kier molecular flexibility index (Phi) is 5.03. The molecule has 1 aliphatic heterocycles. The zero-order chi connectivity index (χ0) is 19.7. The number of aromatic nitrogens is 1. The standard InChI is InChI=1S/C20H18F2N2O3/c1-11(2)9-16(25)17-18(12-5-7-23-8-6-12)24(20(27)19(17)26)15-10-13(21)3-4-14(15)22/h3-8,10-11,18,26H,9H2,1-2H3. The van der Waals surface area contributed by atoms with Crippen LogP contribution in [0, 0.1) is 17.6 Å². The minimum absolute atomic E-state index is 0.00838. The highest BCUT2D eigenvalue weighted by molar-refractivity contribution is 6.16. The molecule has 0 saturated carbocycles. The number of halogens is 2. The maximum absolute atomic E-state index is 14.4. The van der Waals surface area contributed by atoms with Crippen LogP contribution in [-0.2, 0) is 9.59 Å². The van der Waals surface area contributed by atoms with Gasteiger partial charge in [-0.15, -0.1) is 0 Å². The number of aliphatic hydroxyl groups excluding tert-OH is 1. The molecule has 0 bridgehead atoms. The fraction of sp³-hybridized carbons (Fsp3) is 0.250. The molecule has 0 radical (unpaired) electrons. The molecule has 140 valence electrons. The van der Waals surface area contributed by atoms with E-state index >= 15 is 0 Å². The van der Waals surface area contributed by atoms with E-state index in [0.717, 1.165) is 23.1 Å². The van der Waals surface area contributed by atoms with Crippen molar-refractivity contribution in [2.24, 2.45) is 5.92 Å². The molecule has 1 N–H and O–H groups in total. The van der Waals surface area contributed by atoms with Crippen LogP contribution in [0.2, 0.25) is 0 Å². The topological polar surface area (TPSA) is 70.5 Å². The van der Waals surface area contributed by atoms with Crippen molar-refractivity contribution in [2.45, 2.75) is 26.3 Å². The first-order valence-electron chi connectivity index (χ1n) is 8.46. The normalized spacial score (nSPS) is 17.1. The third-order valence-electron chi connectivity index (χ3n) is 4.29. The number of benzene rings is 1. The van der Waals surface area contributed by atoms with E-state index < -0.39 is 35.1 Å². The van der Waals surface area contributed by atoms with Crippen LogP contribution < -0.4 is 4.90 Å². The number of aliphatic hydroxyl groups is 1. The Morgan fingerprint density at radius 1 is 1.22 bits per heavy atom. The van der Waals surface area contributed by atoms with Gasteiger partial charge >= 0.3 is 0 Å². The highest BCUT2D eigenvalue weighted by Gasteiger charge is 2.45. The summed E-state index contributed by atoms with van der Waals surface area (Å²) in [5.74, 6) is -3.70. The lowest BCUT2D eigenvalue weighted by atomic mass is 9.92. The van der Waals surface area contributed by atoms with E-state index in [4.69, 9.17) is 0 Å². The maximum Gasteiger partial charge on any atom is 0.294 e. The number of carbonyl (C=O) groups is 2. The molecular weight excluding hydrogens is 354 g/mol. The minimum atomic E-state index is -1.07. The maximum atomic E-state index is 14.4. The summed E-state index contributed by atoms with van der Waals surface area (Å²) in [4.78, 5) is 30.3. The molecule has 0 aliphatic carbocycles. The fourth-order valence-corrected chi connectivity index (χ4v) is 3.15. The number of Topliss-reactive ketones (excluding diaryl/α,β-unsaturated/α-hetero) is 1. The van der Waals surface area contributed by atoms with Crippen LogP contribution in [-0.4, -0.2) is 21.8 Å². The Morgan fingerprint density at radius 3 is 2.52 bits per heavy atom. The van der Waals surface area contributed by atoms with Gasteiger partial charge in [-0.1, -0.05) is 13.8 Å². The largest absolute Gasteiger partial charge is 0.503 e. The van der Waals surface area contributed by atoms with Crippen molar-refractivity contribution >= 4 is 17.4 Å². The van der Waals surface area contributed by atoms with Crippen LogP contribution in [0.1, 0.15) is 31.9 Å². The van der Waals surface area contributed by atoms with Crippen molar-refractivity contribution in [1.82, 2.24) is 4.98 Å². The van der Waals surface area contributed by atoms with Crippen molar-refractivity contribution in [3.8, 4) is 0 Å². The molecule has 0 spiro atoms. The number of amides is 1. The Hall–Kier alpha value is -3.09. The quantitative estimate of drug-likeness (QED) is 0.865. The molecule has 1 unspecified atom stereocenters. The van der Waals surface area contributed by atoms with Gasteiger partial charge in [0.15, 0.2) is 11.5 Å². The Labute approximate surface area is 155 Å². The molecule has 2 aromatic rings. The number of hydrogen-bond donors (Lipinski definition) is 1. The molecule has 1 aliphatic rings. The van der Waals surface area contributed by atoms with Gasteiger partial charge < -0.3 is 5.11 Å². The second-order valence-electron chi connectivity index (χ2n) is 6.74. The van der Waals surface area contributed by atoms with E-state index in [1.54, 1.807) is 12.1 Å². The number of rotatable bonds is 5. The third kappa shape index (κ3) is 3.45. The predicted molar refractivity (Wildman–Crippen MR) is 94.9 cm³/mol. The number of nitrogens with zero attached hydrogens (tertiary/aromatic N) is 2. The van der Waals surface area contributed by atoms with E-state index in [1.807, 2.05) is 13.8 Å². The zero-order valence-electron chi connectivity index (χ0n) is 14.8. The highest BCUT2D eigenvalue weighted by Crippen LogP contribution is 2.42. The Morgan fingerprint density at radius 2 is 1.89 bits per heavy atom. The molecule has 0 fully saturated rings. The van der Waals surface area contributed by atoms with Crippen LogP contribution in [0.4, 0.5) is 14.5 Å². The Balaban J connectivity index is 2.18. The van der Waals surface area contributed by atoms with E-state index in [1.165, 1.54) is 12.4 Å². The summed E-state index contributed by atoms with van der Waals surface area (Å²) < 4.78 is 28.1. The van der Waals surface area contributed by atoms with Gasteiger partial charge in [0, 0.05) is 24.9 Å². The van der Waals surface area contributed by atoms with E-state index in [9.17, 15) is 23.5 Å². The smallest absolute Gasteiger partial charge is 0.294 e. The zero-order valence-corrected chi connectivity index (χ0v) is 14.8. The van der Waals surface area contributed by atoms with Crippen molar-refractivity contribution in [3.63, 3.8) is 0 Å². The minimum Gasteiger partial charge on any atom is -0.503 e. The van der Waals surface area contributed by atoms with Gasteiger partial charge in [-0.05, 0) is 35.7 Å². The molecule has 1 aromatic heterocycles. The molecule has 1 amide bonds. The number of anilines is 1. The third-order valence-corrected chi connectivity index (χ3v) is 4.29. The molecule has 7 heteroatoms. The van der Waals surface area contributed by atoms with Gasteiger partial charge in [0.25, 0.3) is 5.91 Å². The average Bonchev–Trinajstić information content (AvgIpc) is 2.89.